The first-order valence-electron chi connectivity index (χ1n) is 6.26. The van der Waals surface area contributed by atoms with E-state index in [1.165, 1.54) is 6.42 Å². The van der Waals surface area contributed by atoms with Crippen LogP contribution in [-0.4, -0.2) is 30.8 Å². The van der Waals surface area contributed by atoms with Crippen molar-refractivity contribution in [2.75, 3.05) is 30.8 Å². The zero-order valence-corrected chi connectivity index (χ0v) is 10.6. The first-order chi connectivity index (χ1) is 8.28. The molecule has 0 amide bonds. The van der Waals surface area contributed by atoms with Crippen molar-refractivity contribution < 1.29 is 4.74 Å². The third-order valence-electron chi connectivity index (χ3n) is 3.43. The van der Waals surface area contributed by atoms with Crippen LogP contribution < -0.4 is 10.6 Å². The van der Waals surface area contributed by atoms with E-state index in [0.717, 1.165) is 37.3 Å². The van der Waals surface area contributed by atoms with E-state index in [0.29, 0.717) is 0 Å². The summed E-state index contributed by atoms with van der Waals surface area (Å²) in [4.78, 5) is 4.21. The van der Waals surface area contributed by atoms with Gasteiger partial charge in [0.1, 0.15) is 0 Å². The summed E-state index contributed by atoms with van der Waals surface area (Å²) in [6, 6.07) is 2.08. The van der Waals surface area contributed by atoms with E-state index < -0.39 is 0 Å². The molecule has 94 valence electrons. The Morgan fingerprint density at radius 3 is 2.53 bits per heavy atom. The average Bonchev–Trinajstić information content (AvgIpc) is 2.29. The fraction of sp³-hybridized carbons (Fsp3) is 0.615. The monoisotopic (exact) mass is 235 g/mol. The van der Waals surface area contributed by atoms with E-state index in [1.54, 1.807) is 7.11 Å². The van der Waals surface area contributed by atoms with E-state index >= 15 is 0 Å². The van der Waals surface area contributed by atoms with Gasteiger partial charge >= 0.3 is 0 Å². The van der Waals surface area contributed by atoms with Crippen molar-refractivity contribution in [2.24, 2.45) is 0 Å². The summed E-state index contributed by atoms with van der Waals surface area (Å²) in [7, 11) is 1.80. The molecule has 0 aromatic carbocycles. The van der Waals surface area contributed by atoms with Gasteiger partial charge in [0.05, 0.1) is 29.4 Å². The standard InChI is InChI=1S/C13H21N3O/c1-3-15-11-7-12(9-14-8-11)16-10-13(17-2)5-4-6-13/h7-9,15-16H,3-6,10H2,1-2H3. The summed E-state index contributed by atoms with van der Waals surface area (Å²) in [6.07, 6.45) is 7.26. The molecule has 4 nitrogen and oxygen atoms in total. The number of hydrogen-bond acceptors (Lipinski definition) is 4. The minimum absolute atomic E-state index is 0.0498. The van der Waals surface area contributed by atoms with Crippen LogP contribution in [0.4, 0.5) is 11.4 Å². The van der Waals surface area contributed by atoms with Gasteiger partial charge in [0.2, 0.25) is 0 Å². The van der Waals surface area contributed by atoms with Gasteiger partial charge in [0, 0.05) is 20.2 Å². The largest absolute Gasteiger partial charge is 0.384 e. The maximum Gasteiger partial charge on any atom is 0.0850 e. The second kappa shape index (κ2) is 5.36. The van der Waals surface area contributed by atoms with Gasteiger partial charge in [-0.05, 0) is 32.3 Å². The molecule has 0 bridgehead atoms. The first kappa shape index (κ1) is 12.2. The highest BCUT2D eigenvalue weighted by Gasteiger charge is 2.36. The number of hydrogen-bond donors (Lipinski definition) is 2. The number of methoxy groups -OCH3 is 1. The lowest BCUT2D eigenvalue weighted by Crippen LogP contribution is -2.45. The Balaban J connectivity index is 1.92. The summed E-state index contributed by atoms with van der Waals surface area (Å²) in [5.74, 6) is 0. The topological polar surface area (TPSA) is 46.2 Å². The van der Waals surface area contributed by atoms with Crippen molar-refractivity contribution in [1.82, 2.24) is 4.98 Å². The molecule has 1 aliphatic rings. The average molecular weight is 235 g/mol. The Bertz CT molecular complexity index is 358. The van der Waals surface area contributed by atoms with Gasteiger partial charge in [0.25, 0.3) is 0 Å². The molecular formula is C13H21N3O. The maximum absolute atomic E-state index is 5.57. The molecule has 0 aliphatic heterocycles. The molecule has 0 saturated heterocycles. The second-order valence-electron chi connectivity index (χ2n) is 4.59. The summed E-state index contributed by atoms with van der Waals surface area (Å²) < 4.78 is 5.57. The minimum atomic E-state index is 0.0498. The van der Waals surface area contributed by atoms with Crippen LogP contribution in [0.2, 0.25) is 0 Å². The van der Waals surface area contributed by atoms with Crippen molar-refractivity contribution >= 4 is 11.4 Å². The lowest BCUT2D eigenvalue weighted by molar-refractivity contribution is -0.0601. The molecule has 17 heavy (non-hydrogen) atoms. The third-order valence-corrected chi connectivity index (χ3v) is 3.43. The van der Waals surface area contributed by atoms with E-state index in [1.807, 2.05) is 12.4 Å². The Labute approximate surface area is 103 Å². The second-order valence-corrected chi connectivity index (χ2v) is 4.59. The predicted octanol–water partition coefficient (Wildman–Crippen LogP) is 2.49. The molecule has 1 aliphatic carbocycles. The summed E-state index contributed by atoms with van der Waals surface area (Å²) in [5, 5.41) is 6.66. The molecule has 1 aromatic heterocycles. The highest BCUT2D eigenvalue weighted by molar-refractivity contribution is 5.54. The van der Waals surface area contributed by atoms with Gasteiger partial charge in [-0.2, -0.15) is 0 Å². The summed E-state index contributed by atoms with van der Waals surface area (Å²) in [5.41, 5.74) is 2.15. The van der Waals surface area contributed by atoms with E-state index in [2.05, 4.69) is 28.6 Å². The van der Waals surface area contributed by atoms with Crippen molar-refractivity contribution in [2.45, 2.75) is 31.8 Å². The molecule has 4 heteroatoms. The molecule has 0 radical (unpaired) electrons. The molecule has 0 unspecified atom stereocenters. The lowest BCUT2D eigenvalue weighted by Gasteiger charge is -2.40. The fourth-order valence-corrected chi connectivity index (χ4v) is 2.12. The number of aromatic nitrogens is 1. The normalized spacial score (nSPS) is 17.3. The highest BCUT2D eigenvalue weighted by atomic mass is 16.5. The van der Waals surface area contributed by atoms with Gasteiger partial charge in [-0.25, -0.2) is 0 Å². The predicted molar refractivity (Wildman–Crippen MR) is 70.5 cm³/mol. The molecule has 0 spiro atoms. The molecule has 2 rings (SSSR count). The molecule has 2 N–H and O–H groups in total. The smallest absolute Gasteiger partial charge is 0.0850 e. The van der Waals surface area contributed by atoms with Crippen LogP contribution in [0.25, 0.3) is 0 Å². The number of rotatable bonds is 6. The van der Waals surface area contributed by atoms with E-state index in [4.69, 9.17) is 4.74 Å². The summed E-state index contributed by atoms with van der Waals surface area (Å²) in [6.45, 7) is 3.85. The zero-order chi connectivity index (χ0) is 12.1. The third kappa shape index (κ3) is 2.88. The van der Waals surface area contributed by atoms with Crippen LogP contribution in [0, 0.1) is 0 Å². The van der Waals surface area contributed by atoms with Crippen molar-refractivity contribution in [3.8, 4) is 0 Å². The quantitative estimate of drug-likeness (QED) is 0.795. The van der Waals surface area contributed by atoms with Crippen molar-refractivity contribution in [1.29, 1.82) is 0 Å². The Morgan fingerprint density at radius 2 is 2.00 bits per heavy atom. The van der Waals surface area contributed by atoms with E-state index in [9.17, 15) is 0 Å². The van der Waals surface area contributed by atoms with Gasteiger partial charge in [-0.3, -0.25) is 4.98 Å². The number of nitrogens with zero attached hydrogens (tertiary/aromatic N) is 1. The number of pyridine rings is 1. The van der Waals surface area contributed by atoms with Crippen LogP contribution in [0.1, 0.15) is 26.2 Å². The maximum atomic E-state index is 5.57. The van der Waals surface area contributed by atoms with Crippen LogP contribution in [0.5, 0.6) is 0 Å². The van der Waals surface area contributed by atoms with Gasteiger partial charge in [-0.15, -0.1) is 0 Å². The molecule has 0 atom stereocenters. The fourth-order valence-electron chi connectivity index (χ4n) is 2.12. The molecular weight excluding hydrogens is 214 g/mol. The summed E-state index contributed by atoms with van der Waals surface area (Å²) >= 11 is 0. The SMILES string of the molecule is CCNc1cncc(NCC2(OC)CCC2)c1. The van der Waals surface area contributed by atoms with Crippen LogP contribution in [0.15, 0.2) is 18.5 Å². The highest BCUT2D eigenvalue weighted by Crippen LogP contribution is 2.35. The van der Waals surface area contributed by atoms with Crippen molar-refractivity contribution in [3.63, 3.8) is 0 Å². The minimum Gasteiger partial charge on any atom is -0.384 e. The Morgan fingerprint density at radius 1 is 1.29 bits per heavy atom. The number of ether oxygens (including phenoxy) is 1. The van der Waals surface area contributed by atoms with Crippen LogP contribution in [0.3, 0.4) is 0 Å². The van der Waals surface area contributed by atoms with Crippen molar-refractivity contribution in [3.05, 3.63) is 18.5 Å². The number of nitrogens with one attached hydrogen (secondary N) is 2. The molecule has 1 saturated carbocycles. The van der Waals surface area contributed by atoms with Crippen LogP contribution >= 0.6 is 0 Å². The first-order valence-corrected chi connectivity index (χ1v) is 6.26. The lowest BCUT2D eigenvalue weighted by atomic mass is 9.80. The van der Waals surface area contributed by atoms with Crippen LogP contribution in [-0.2, 0) is 4.74 Å². The molecule has 1 fully saturated rings. The molecule has 1 aromatic rings. The van der Waals surface area contributed by atoms with Gasteiger partial charge in [-0.1, -0.05) is 0 Å². The molecule has 1 heterocycles. The van der Waals surface area contributed by atoms with E-state index in [-0.39, 0.29) is 5.60 Å². The Kier molecular flexibility index (Phi) is 3.84. The zero-order valence-electron chi connectivity index (χ0n) is 10.6. The Hall–Kier alpha value is -1.29. The van der Waals surface area contributed by atoms with Gasteiger partial charge < -0.3 is 15.4 Å². The van der Waals surface area contributed by atoms with Gasteiger partial charge in [0.15, 0.2) is 0 Å². The number of anilines is 2.